The van der Waals surface area contributed by atoms with E-state index in [0.29, 0.717) is 29.7 Å². The van der Waals surface area contributed by atoms with E-state index in [1.54, 1.807) is 24.3 Å². The molecule has 5 nitrogen and oxygen atoms in total. The Morgan fingerprint density at radius 3 is 2.35 bits per heavy atom. The van der Waals surface area contributed by atoms with Crippen LogP contribution in [-0.4, -0.2) is 30.8 Å². The summed E-state index contributed by atoms with van der Waals surface area (Å²) >= 11 is 4.86. The molecule has 110 valence electrons. The highest BCUT2D eigenvalue weighted by Crippen LogP contribution is 2.20. The Labute approximate surface area is 125 Å². The monoisotopic (exact) mass is 313 g/mol. The fraction of sp³-hybridized carbons (Fsp3) is 0.462. The summed E-state index contributed by atoms with van der Waals surface area (Å²) in [6.45, 7) is 3.29. The number of anilines is 1. The van der Waals surface area contributed by atoms with Crippen LogP contribution in [0.2, 0.25) is 0 Å². The van der Waals surface area contributed by atoms with Crippen molar-refractivity contribution in [1.82, 2.24) is 4.31 Å². The third kappa shape index (κ3) is 3.68. The molecule has 1 fully saturated rings. The number of hydrogen-bond acceptors (Lipinski definition) is 3. The van der Waals surface area contributed by atoms with Gasteiger partial charge in [0.05, 0.1) is 0 Å². The van der Waals surface area contributed by atoms with E-state index in [9.17, 15) is 8.42 Å². The Bertz CT molecular complexity index is 576. The number of rotatable bonds is 4. The number of benzene rings is 1. The van der Waals surface area contributed by atoms with Crippen LogP contribution in [0.1, 0.15) is 25.3 Å². The first-order valence-corrected chi connectivity index (χ1v) is 8.41. The Morgan fingerprint density at radius 2 is 1.85 bits per heavy atom. The molecule has 0 unspecified atom stereocenters. The van der Waals surface area contributed by atoms with Gasteiger partial charge in [-0.2, -0.15) is 12.7 Å². The first-order valence-electron chi connectivity index (χ1n) is 6.56. The highest BCUT2D eigenvalue weighted by molar-refractivity contribution is 7.90. The van der Waals surface area contributed by atoms with Crippen molar-refractivity contribution in [3.05, 3.63) is 29.8 Å². The quantitative estimate of drug-likeness (QED) is 0.830. The topological polar surface area (TPSA) is 75.4 Å². The molecular weight excluding hydrogens is 294 g/mol. The minimum absolute atomic E-state index is 0.296. The molecule has 0 atom stereocenters. The summed E-state index contributed by atoms with van der Waals surface area (Å²) in [7, 11) is -3.47. The Kier molecular flexibility index (Phi) is 4.62. The van der Waals surface area contributed by atoms with Crippen LogP contribution in [0.3, 0.4) is 0 Å². The highest BCUT2D eigenvalue weighted by atomic mass is 32.2. The van der Waals surface area contributed by atoms with Gasteiger partial charge >= 0.3 is 10.2 Å². The van der Waals surface area contributed by atoms with Gasteiger partial charge in [-0.3, -0.25) is 4.72 Å². The molecule has 1 saturated heterocycles. The maximum absolute atomic E-state index is 12.2. The Morgan fingerprint density at radius 1 is 1.30 bits per heavy atom. The van der Waals surface area contributed by atoms with Crippen molar-refractivity contribution in [2.75, 3.05) is 17.8 Å². The van der Waals surface area contributed by atoms with Gasteiger partial charge in [-0.05, 0) is 43.0 Å². The van der Waals surface area contributed by atoms with E-state index in [-0.39, 0.29) is 0 Å². The predicted molar refractivity (Wildman–Crippen MR) is 84.8 cm³/mol. The van der Waals surface area contributed by atoms with E-state index in [4.69, 9.17) is 18.0 Å². The van der Waals surface area contributed by atoms with Crippen LogP contribution in [0.15, 0.2) is 24.3 Å². The fourth-order valence-corrected chi connectivity index (χ4v) is 3.53. The maximum Gasteiger partial charge on any atom is 0.301 e. The first-order chi connectivity index (χ1) is 9.38. The van der Waals surface area contributed by atoms with Gasteiger partial charge in [0.1, 0.15) is 4.99 Å². The molecule has 1 aromatic rings. The van der Waals surface area contributed by atoms with Gasteiger partial charge in [0.2, 0.25) is 0 Å². The van der Waals surface area contributed by atoms with Gasteiger partial charge in [0.15, 0.2) is 0 Å². The largest absolute Gasteiger partial charge is 0.389 e. The first kappa shape index (κ1) is 15.2. The number of nitrogens with zero attached hydrogens (tertiary/aromatic N) is 1. The second-order valence-corrected chi connectivity index (χ2v) is 7.24. The van der Waals surface area contributed by atoms with E-state index < -0.39 is 10.2 Å². The summed E-state index contributed by atoms with van der Waals surface area (Å²) in [6, 6.07) is 6.74. The molecule has 0 saturated carbocycles. The Balaban J connectivity index is 2.06. The molecule has 0 amide bonds. The third-order valence-corrected chi connectivity index (χ3v) is 5.27. The van der Waals surface area contributed by atoms with Crippen molar-refractivity contribution in [1.29, 1.82) is 0 Å². The van der Waals surface area contributed by atoms with Gasteiger partial charge in [0.25, 0.3) is 0 Å². The third-order valence-electron chi connectivity index (χ3n) is 3.50. The summed E-state index contributed by atoms with van der Waals surface area (Å²) in [5, 5.41) is 0. The minimum atomic E-state index is -3.47. The molecular formula is C13H19N3O2S2. The van der Waals surface area contributed by atoms with E-state index in [1.165, 1.54) is 4.31 Å². The van der Waals surface area contributed by atoms with E-state index in [1.807, 2.05) is 0 Å². The van der Waals surface area contributed by atoms with Crippen molar-refractivity contribution in [3.63, 3.8) is 0 Å². The lowest BCUT2D eigenvalue weighted by molar-refractivity contribution is 0.289. The molecule has 0 aliphatic carbocycles. The van der Waals surface area contributed by atoms with Crippen LogP contribution in [0, 0.1) is 5.92 Å². The van der Waals surface area contributed by atoms with Crippen molar-refractivity contribution in [2.24, 2.45) is 11.7 Å². The van der Waals surface area contributed by atoms with Crippen LogP contribution in [0.4, 0.5) is 5.69 Å². The molecule has 1 aliphatic rings. The number of piperidine rings is 1. The van der Waals surface area contributed by atoms with Crippen molar-refractivity contribution >= 4 is 33.1 Å². The normalized spacial score (nSPS) is 17.9. The molecule has 0 radical (unpaired) electrons. The van der Waals surface area contributed by atoms with Gasteiger partial charge in [-0.15, -0.1) is 0 Å². The van der Waals surface area contributed by atoms with Crippen LogP contribution in [0.5, 0.6) is 0 Å². The van der Waals surface area contributed by atoms with Gasteiger partial charge in [-0.25, -0.2) is 0 Å². The van der Waals surface area contributed by atoms with E-state index in [0.717, 1.165) is 18.4 Å². The van der Waals surface area contributed by atoms with Crippen LogP contribution in [0.25, 0.3) is 0 Å². The molecule has 0 bridgehead atoms. The molecule has 1 aliphatic heterocycles. The lowest BCUT2D eigenvalue weighted by Crippen LogP contribution is -2.41. The average molecular weight is 313 g/mol. The number of thiocarbonyl (C=S) groups is 1. The summed E-state index contributed by atoms with van der Waals surface area (Å²) in [4.78, 5) is 0.296. The van der Waals surface area contributed by atoms with Crippen molar-refractivity contribution in [3.8, 4) is 0 Å². The molecule has 1 heterocycles. The van der Waals surface area contributed by atoms with Crippen LogP contribution < -0.4 is 10.5 Å². The SMILES string of the molecule is CC1CCN(S(=O)(=O)Nc2ccc(C(N)=S)cc2)CC1. The van der Waals surface area contributed by atoms with Crippen molar-refractivity contribution in [2.45, 2.75) is 19.8 Å². The second-order valence-electron chi connectivity index (χ2n) is 5.13. The lowest BCUT2D eigenvalue weighted by Gasteiger charge is -2.29. The standard InChI is InChI=1S/C13H19N3O2S2/c1-10-6-8-16(9-7-10)20(17,18)15-12-4-2-11(3-5-12)13(14)19/h2-5,10,15H,6-9H2,1H3,(H2,14,19). The molecule has 0 aromatic heterocycles. The fourth-order valence-electron chi connectivity index (χ4n) is 2.14. The number of nitrogens with one attached hydrogen (secondary N) is 1. The molecule has 20 heavy (non-hydrogen) atoms. The lowest BCUT2D eigenvalue weighted by atomic mass is 10.0. The summed E-state index contributed by atoms with van der Waals surface area (Å²) in [5.41, 5.74) is 6.74. The van der Waals surface area contributed by atoms with Gasteiger partial charge < -0.3 is 5.73 Å². The number of nitrogens with two attached hydrogens (primary N) is 1. The zero-order valence-corrected chi connectivity index (χ0v) is 13.0. The van der Waals surface area contributed by atoms with Gasteiger partial charge in [-0.1, -0.05) is 19.1 Å². The molecule has 0 spiro atoms. The Hall–Kier alpha value is -1.18. The molecule has 3 N–H and O–H groups in total. The predicted octanol–water partition coefficient (Wildman–Crippen LogP) is 1.71. The molecule has 7 heteroatoms. The van der Waals surface area contributed by atoms with Crippen LogP contribution >= 0.6 is 12.2 Å². The zero-order chi connectivity index (χ0) is 14.8. The summed E-state index contributed by atoms with van der Waals surface area (Å²) < 4.78 is 28.6. The summed E-state index contributed by atoms with van der Waals surface area (Å²) in [5.74, 6) is 0.589. The van der Waals surface area contributed by atoms with Crippen molar-refractivity contribution < 1.29 is 8.42 Å². The van der Waals surface area contributed by atoms with E-state index >= 15 is 0 Å². The zero-order valence-electron chi connectivity index (χ0n) is 11.4. The molecule has 1 aromatic carbocycles. The highest BCUT2D eigenvalue weighted by Gasteiger charge is 2.26. The smallest absolute Gasteiger partial charge is 0.301 e. The van der Waals surface area contributed by atoms with E-state index in [2.05, 4.69) is 11.6 Å². The maximum atomic E-state index is 12.2. The summed E-state index contributed by atoms with van der Waals surface area (Å²) in [6.07, 6.45) is 1.81. The number of hydrogen-bond donors (Lipinski definition) is 2. The average Bonchev–Trinajstić information content (AvgIpc) is 2.39. The van der Waals surface area contributed by atoms with Crippen LogP contribution in [-0.2, 0) is 10.2 Å². The minimum Gasteiger partial charge on any atom is -0.389 e. The van der Waals surface area contributed by atoms with Gasteiger partial charge in [0, 0.05) is 24.3 Å². The second kappa shape index (κ2) is 6.07. The molecule has 2 rings (SSSR count).